The van der Waals surface area contributed by atoms with Crippen LogP contribution in [0.5, 0.6) is 6.01 Å². The summed E-state index contributed by atoms with van der Waals surface area (Å²) in [6.07, 6.45) is 7.45. The third-order valence-electron chi connectivity index (χ3n) is 6.83. The minimum absolute atomic E-state index is 0.101. The van der Waals surface area contributed by atoms with Crippen molar-refractivity contribution in [1.29, 1.82) is 5.26 Å². The molecule has 2 heterocycles. The van der Waals surface area contributed by atoms with E-state index in [2.05, 4.69) is 15.1 Å². The van der Waals surface area contributed by atoms with Gasteiger partial charge in [-0.3, -0.25) is 4.79 Å². The van der Waals surface area contributed by atoms with Gasteiger partial charge in [-0.1, -0.05) is 0 Å². The minimum Gasteiger partial charge on any atom is -0.463 e. The van der Waals surface area contributed by atoms with Gasteiger partial charge < -0.3 is 4.74 Å². The third-order valence-corrected chi connectivity index (χ3v) is 6.83. The van der Waals surface area contributed by atoms with E-state index in [0.717, 1.165) is 18.9 Å². The molecule has 32 heavy (non-hydrogen) atoms. The van der Waals surface area contributed by atoms with Gasteiger partial charge in [-0.05, 0) is 54.7 Å². The monoisotopic (exact) mass is 437 g/mol. The zero-order valence-corrected chi connectivity index (χ0v) is 17.2. The normalized spacial score (nSPS) is 28.2. The lowest BCUT2D eigenvalue weighted by Gasteiger charge is -2.51. The summed E-state index contributed by atoms with van der Waals surface area (Å²) in [6.45, 7) is 0.398. The van der Waals surface area contributed by atoms with Crippen molar-refractivity contribution in [1.82, 2.24) is 15.0 Å². The Kier molecular flexibility index (Phi) is 5.29. The highest BCUT2D eigenvalue weighted by molar-refractivity contribution is 5.82. The molecule has 2 aromatic rings. The van der Waals surface area contributed by atoms with Gasteiger partial charge in [-0.2, -0.15) is 10.4 Å². The highest BCUT2D eigenvalue weighted by Gasteiger charge is 2.50. The molecular formula is C23H21F2N5O2. The number of amides is 1. The molecule has 2 unspecified atom stereocenters. The Balaban J connectivity index is 1.26. The Morgan fingerprint density at radius 1 is 1.12 bits per heavy atom. The number of rotatable bonds is 5. The molecule has 1 aromatic carbocycles. The number of aromatic nitrogens is 2. The van der Waals surface area contributed by atoms with E-state index in [1.54, 1.807) is 6.21 Å². The Hall–Kier alpha value is -3.41. The van der Waals surface area contributed by atoms with Crippen LogP contribution in [0.25, 0.3) is 0 Å². The number of nitriles is 1. The van der Waals surface area contributed by atoms with Gasteiger partial charge in [0.05, 0.1) is 30.6 Å². The van der Waals surface area contributed by atoms with E-state index in [4.69, 9.17) is 10.00 Å². The van der Waals surface area contributed by atoms with E-state index in [1.165, 1.54) is 29.5 Å². The zero-order chi connectivity index (χ0) is 22.2. The third kappa shape index (κ3) is 3.81. The van der Waals surface area contributed by atoms with Crippen molar-refractivity contribution in [2.45, 2.75) is 31.7 Å². The van der Waals surface area contributed by atoms with E-state index in [0.29, 0.717) is 42.4 Å². The van der Waals surface area contributed by atoms with E-state index in [9.17, 15) is 13.6 Å². The van der Waals surface area contributed by atoms with E-state index < -0.39 is 17.7 Å². The van der Waals surface area contributed by atoms with E-state index in [-0.39, 0.29) is 23.8 Å². The van der Waals surface area contributed by atoms with Gasteiger partial charge in [-0.15, -0.1) is 0 Å². The number of fused-ring (bicyclic) bond motifs is 2. The van der Waals surface area contributed by atoms with Crippen LogP contribution in [0.1, 0.15) is 42.9 Å². The lowest BCUT2D eigenvalue weighted by molar-refractivity contribution is -0.148. The lowest BCUT2D eigenvalue weighted by Crippen LogP contribution is -2.50. The molecule has 2 bridgehead atoms. The van der Waals surface area contributed by atoms with Crippen molar-refractivity contribution in [3.8, 4) is 12.1 Å². The zero-order valence-electron chi connectivity index (χ0n) is 17.2. The second-order valence-electron chi connectivity index (χ2n) is 8.71. The van der Waals surface area contributed by atoms with Crippen molar-refractivity contribution >= 4 is 12.1 Å². The topological polar surface area (TPSA) is 91.5 Å². The number of hydrogen-bond donors (Lipinski definition) is 0. The van der Waals surface area contributed by atoms with Gasteiger partial charge in [0, 0.05) is 24.6 Å². The second-order valence-corrected chi connectivity index (χ2v) is 8.71. The predicted octanol–water partition coefficient (Wildman–Crippen LogP) is 3.63. The van der Waals surface area contributed by atoms with Crippen LogP contribution in [0.3, 0.4) is 0 Å². The molecule has 1 amide bonds. The van der Waals surface area contributed by atoms with E-state index in [1.807, 2.05) is 6.07 Å². The number of hydrazone groups is 1. The molecule has 1 aromatic heterocycles. The number of hydrogen-bond acceptors (Lipinski definition) is 6. The quantitative estimate of drug-likeness (QED) is 0.712. The fourth-order valence-corrected chi connectivity index (χ4v) is 5.11. The molecule has 3 saturated carbocycles. The number of halogens is 2. The van der Waals surface area contributed by atoms with Gasteiger partial charge in [0.15, 0.2) is 0 Å². The second kappa shape index (κ2) is 8.26. The molecule has 4 aliphatic rings. The summed E-state index contributed by atoms with van der Waals surface area (Å²) in [5.74, 6) is -0.650. The standard InChI is InChI=1S/C23H21F2N5O2/c24-18-5-16(6-19(25)8-18)21-1-2-29-30(21)22(31)20-7-17(14-3-15(20)4-14)12-32-23-27-10-13(9-26)11-28-23/h2,5-6,8,10-11,14-15,17,20-21H,1,3-4,7,12H2/t14?,15?,17?,20-,21?/m0/s1. The maximum Gasteiger partial charge on any atom is 0.316 e. The minimum atomic E-state index is -0.666. The Morgan fingerprint density at radius 3 is 2.53 bits per heavy atom. The van der Waals surface area contributed by atoms with Crippen molar-refractivity contribution in [2.24, 2.45) is 28.8 Å². The molecule has 3 fully saturated rings. The largest absolute Gasteiger partial charge is 0.463 e. The van der Waals surface area contributed by atoms with Crippen LogP contribution in [0, 0.1) is 46.6 Å². The van der Waals surface area contributed by atoms with Gasteiger partial charge >= 0.3 is 6.01 Å². The number of carbonyl (C=O) groups excluding carboxylic acids is 1. The predicted molar refractivity (Wildman–Crippen MR) is 109 cm³/mol. The molecule has 9 heteroatoms. The summed E-state index contributed by atoms with van der Waals surface area (Å²) in [4.78, 5) is 21.5. The fraction of sp³-hybridized carbons (Fsp3) is 0.435. The van der Waals surface area contributed by atoms with Gasteiger partial charge in [-0.25, -0.2) is 23.8 Å². The van der Waals surface area contributed by atoms with Crippen LogP contribution in [0.2, 0.25) is 0 Å². The molecule has 1 aliphatic heterocycles. The van der Waals surface area contributed by atoms with E-state index >= 15 is 0 Å². The molecule has 6 rings (SSSR count). The summed E-state index contributed by atoms with van der Waals surface area (Å²) in [5, 5.41) is 14.5. The summed E-state index contributed by atoms with van der Waals surface area (Å²) >= 11 is 0. The fourth-order valence-electron chi connectivity index (χ4n) is 5.11. The SMILES string of the molecule is N#Cc1cnc(OCC2C[C@H](C(=O)N3N=CCC3c3cc(F)cc(F)c3)C3CC2C3)nc1. The molecule has 0 N–H and O–H groups in total. The summed E-state index contributed by atoms with van der Waals surface area (Å²) in [7, 11) is 0. The van der Waals surface area contributed by atoms with Crippen LogP contribution in [-0.2, 0) is 4.79 Å². The first kappa shape index (κ1) is 20.5. The molecule has 3 atom stereocenters. The summed E-state index contributed by atoms with van der Waals surface area (Å²) in [6, 6.07) is 5.03. The van der Waals surface area contributed by atoms with Gasteiger partial charge in [0.1, 0.15) is 17.7 Å². The first-order valence-electron chi connectivity index (χ1n) is 10.7. The van der Waals surface area contributed by atoms with Crippen molar-refractivity contribution in [3.63, 3.8) is 0 Å². The summed E-state index contributed by atoms with van der Waals surface area (Å²) < 4.78 is 33.2. The average Bonchev–Trinajstić information content (AvgIpc) is 3.26. The molecule has 0 spiro atoms. The smallest absolute Gasteiger partial charge is 0.316 e. The lowest BCUT2D eigenvalue weighted by atomic mass is 9.55. The first-order chi connectivity index (χ1) is 15.5. The van der Waals surface area contributed by atoms with Crippen LogP contribution < -0.4 is 4.74 Å². The van der Waals surface area contributed by atoms with Crippen LogP contribution in [-0.4, -0.2) is 33.7 Å². The van der Waals surface area contributed by atoms with Gasteiger partial charge in [0.25, 0.3) is 0 Å². The number of ether oxygens (including phenoxy) is 1. The number of nitrogens with zero attached hydrogens (tertiary/aromatic N) is 5. The Labute approximate surface area is 183 Å². The maximum atomic E-state index is 13.7. The highest BCUT2D eigenvalue weighted by atomic mass is 19.1. The maximum absolute atomic E-state index is 13.7. The molecule has 7 nitrogen and oxygen atoms in total. The molecule has 0 radical (unpaired) electrons. The van der Waals surface area contributed by atoms with Crippen LogP contribution in [0.4, 0.5) is 8.78 Å². The molecule has 164 valence electrons. The summed E-state index contributed by atoms with van der Waals surface area (Å²) in [5.41, 5.74) is 0.773. The molecule has 3 aliphatic carbocycles. The molecular weight excluding hydrogens is 416 g/mol. The van der Waals surface area contributed by atoms with Crippen molar-refractivity contribution in [2.75, 3.05) is 6.61 Å². The van der Waals surface area contributed by atoms with Crippen LogP contribution >= 0.6 is 0 Å². The average molecular weight is 437 g/mol. The van der Waals surface area contributed by atoms with Crippen molar-refractivity contribution < 1.29 is 18.3 Å². The van der Waals surface area contributed by atoms with Crippen LogP contribution in [0.15, 0.2) is 35.7 Å². The number of carbonyl (C=O) groups is 1. The highest BCUT2D eigenvalue weighted by Crippen LogP contribution is 2.53. The van der Waals surface area contributed by atoms with Crippen molar-refractivity contribution in [3.05, 3.63) is 53.4 Å². The van der Waals surface area contributed by atoms with Gasteiger partial charge in [0.2, 0.25) is 5.91 Å². The number of benzene rings is 1. The molecule has 0 saturated heterocycles. The Morgan fingerprint density at radius 2 is 1.84 bits per heavy atom. The first-order valence-corrected chi connectivity index (χ1v) is 10.7. The Bertz CT molecular complexity index is 1070.